The highest BCUT2D eigenvalue weighted by molar-refractivity contribution is 5.91. The number of amides is 2. The quantitative estimate of drug-likeness (QED) is 0.833. The largest absolute Gasteiger partial charge is 0.491 e. The molecule has 2 amide bonds. The van der Waals surface area contributed by atoms with Crippen LogP contribution in [-0.4, -0.2) is 49.8 Å². The summed E-state index contributed by atoms with van der Waals surface area (Å²) < 4.78 is 37.2. The summed E-state index contributed by atoms with van der Waals surface area (Å²) in [6.07, 6.45) is 0. The van der Waals surface area contributed by atoms with E-state index in [-0.39, 0.29) is 12.2 Å². The number of aliphatic carboxylic acids is 1. The summed E-state index contributed by atoms with van der Waals surface area (Å²) in [7, 11) is 3.61. The first-order valence-corrected chi connectivity index (χ1v) is 6.57. The maximum Gasteiger partial charge on any atom is 0.321 e. The minimum Gasteiger partial charge on any atom is -0.491 e. The Hall–Kier alpha value is -2.58. The van der Waals surface area contributed by atoms with Crippen molar-refractivity contribution in [2.45, 2.75) is 6.92 Å². The number of halogens is 2. The van der Waals surface area contributed by atoms with Crippen molar-refractivity contribution >= 4 is 17.7 Å². The van der Waals surface area contributed by atoms with Gasteiger partial charge in [0.15, 0.2) is 17.3 Å². The van der Waals surface area contributed by atoms with Gasteiger partial charge in [0.2, 0.25) is 5.82 Å². The summed E-state index contributed by atoms with van der Waals surface area (Å²) in [6.45, 7) is 1.35. The first-order chi connectivity index (χ1) is 10.7. The molecule has 0 aromatic heterocycles. The number of anilines is 1. The van der Waals surface area contributed by atoms with E-state index in [1.54, 1.807) is 0 Å². The zero-order valence-corrected chi connectivity index (χ0v) is 13.1. The number of carbonyl (C=O) groups is 2. The molecule has 0 saturated carbocycles. The maximum atomic E-state index is 14.0. The van der Waals surface area contributed by atoms with Crippen LogP contribution in [0, 0.1) is 17.6 Å². The van der Waals surface area contributed by atoms with Gasteiger partial charge in [-0.3, -0.25) is 4.79 Å². The van der Waals surface area contributed by atoms with Crippen molar-refractivity contribution in [3.8, 4) is 11.5 Å². The lowest BCUT2D eigenvalue weighted by Gasteiger charge is -2.21. The number of methoxy groups -OCH3 is 2. The molecule has 0 saturated heterocycles. The zero-order valence-electron chi connectivity index (χ0n) is 13.1. The van der Waals surface area contributed by atoms with E-state index >= 15 is 0 Å². The van der Waals surface area contributed by atoms with E-state index in [0.29, 0.717) is 0 Å². The van der Waals surface area contributed by atoms with Crippen LogP contribution in [0.2, 0.25) is 0 Å². The third kappa shape index (κ3) is 4.21. The lowest BCUT2D eigenvalue weighted by molar-refractivity contribution is -0.141. The van der Waals surface area contributed by atoms with Gasteiger partial charge >= 0.3 is 12.0 Å². The van der Waals surface area contributed by atoms with Gasteiger partial charge < -0.3 is 24.8 Å². The van der Waals surface area contributed by atoms with Crippen LogP contribution in [0.1, 0.15) is 6.92 Å². The van der Waals surface area contributed by atoms with Gasteiger partial charge in [-0.05, 0) is 0 Å². The Balaban J connectivity index is 3.00. The van der Waals surface area contributed by atoms with Gasteiger partial charge in [0.05, 0.1) is 25.8 Å². The Morgan fingerprint density at radius 2 is 1.87 bits per heavy atom. The van der Waals surface area contributed by atoms with E-state index in [9.17, 15) is 18.4 Å². The molecule has 0 heterocycles. The summed E-state index contributed by atoms with van der Waals surface area (Å²) in [5.74, 6) is -4.99. The summed E-state index contributed by atoms with van der Waals surface area (Å²) in [5.41, 5.74) is -0.233. The SMILES string of the molecule is COc1c(F)cc(NC(=O)N(C)CC(C)C(=O)O)c(OC)c1F. The number of hydrogen-bond acceptors (Lipinski definition) is 4. The molecule has 0 radical (unpaired) electrons. The van der Waals surface area contributed by atoms with Crippen LogP contribution in [-0.2, 0) is 4.79 Å². The number of hydrogen-bond donors (Lipinski definition) is 2. The van der Waals surface area contributed by atoms with Gasteiger partial charge in [0.1, 0.15) is 0 Å². The highest BCUT2D eigenvalue weighted by Gasteiger charge is 2.23. The smallest absolute Gasteiger partial charge is 0.321 e. The second-order valence-corrected chi connectivity index (χ2v) is 4.84. The van der Waals surface area contributed by atoms with Gasteiger partial charge in [-0.15, -0.1) is 0 Å². The number of carbonyl (C=O) groups excluding carboxylic acids is 1. The van der Waals surface area contributed by atoms with Crippen molar-refractivity contribution in [3.05, 3.63) is 17.7 Å². The summed E-state index contributed by atoms with van der Waals surface area (Å²) in [4.78, 5) is 23.9. The number of carboxylic acids is 1. The molecule has 0 spiro atoms. The predicted molar refractivity (Wildman–Crippen MR) is 77.9 cm³/mol. The average molecular weight is 332 g/mol. The monoisotopic (exact) mass is 332 g/mol. The van der Waals surface area contributed by atoms with Crippen LogP contribution in [0.4, 0.5) is 19.3 Å². The second-order valence-electron chi connectivity index (χ2n) is 4.84. The fraction of sp³-hybridized carbons (Fsp3) is 0.429. The van der Waals surface area contributed by atoms with E-state index in [1.165, 1.54) is 14.0 Å². The molecular weight excluding hydrogens is 314 g/mol. The molecule has 23 heavy (non-hydrogen) atoms. The molecule has 1 rings (SSSR count). The number of rotatable bonds is 6. The fourth-order valence-electron chi connectivity index (χ4n) is 1.85. The molecule has 1 unspecified atom stereocenters. The molecule has 0 aliphatic carbocycles. The zero-order chi connectivity index (χ0) is 17.7. The number of nitrogens with zero attached hydrogens (tertiary/aromatic N) is 1. The molecular formula is C14H18F2N2O5. The highest BCUT2D eigenvalue weighted by atomic mass is 19.1. The molecule has 2 N–H and O–H groups in total. The van der Waals surface area contributed by atoms with E-state index in [1.807, 2.05) is 0 Å². The molecule has 1 aromatic rings. The fourth-order valence-corrected chi connectivity index (χ4v) is 1.85. The van der Waals surface area contributed by atoms with Crippen molar-refractivity contribution in [2.75, 3.05) is 33.1 Å². The number of carboxylic acid groups (broad SMARTS) is 1. The Bertz CT molecular complexity index is 609. The second kappa shape index (κ2) is 7.61. The molecule has 9 heteroatoms. The van der Waals surface area contributed by atoms with Crippen molar-refractivity contribution in [1.82, 2.24) is 4.90 Å². The third-order valence-electron chi connectivity index (χ3n) is 3.10. The van der Waals surface area contributed by atoms with Crippen molar-refractivity contribution < 1.29 is 33.0 Å². The summed E-state index contributed by atoms with van der Waals surface area (Å²) in [5, 5.41) is 11.1. The minimum absolute atomic E-state index is 0.0788. The molecule has 0 aliphatic rings. The topological polar surface area (TPSA) is 88.1 Å². The maximum absolute atomic E-state index is 14.0. The van der Waals surface area contributed by atoms with Crippen LogP contribution >= 0.6 is 0 Å². The average Bonchev–Trinajstić information content (AvgIpc) is 2.47. The Morgan fingerprint density at radius 1 is 1.30 bits per heavy atom. The standard InChI is InChI=1S/C14H18F2N2O5/c1-7(13(19)20)6-18(2)14(21)17-9-5-8(15)11(22-3)10(16)12(9)23-4/h5,7H,6H2,1-4H3,(H,17,21)(H,19,20). The predicted octanol–water partition coefficient (Wildman–Crippen LogP) is 2.17. The molecule has 7 nitrogen and oxygen atoms in total. The minimum atomic E-state index is -1.09. The highest BCUT2D eigenvalue weighted by Crippen LogP contribution is 2.36. The van der Waals surface area contributed by atoms with Crippen LogP contribution in [0.5, 0.6) is 11.5 Å². The molecule has 1 aromatic carbocycles. The van der Waals surface area contributed by atoms with E-state index in [4.69, 9.17) is 9.84 Å². The number of benzene rings is 1. The molecule has 128 valence electrons. The van der Waals surface area contributed by atoms with Crippen molar-refractivity contribution in [2.24, 2.45) is 5.92 Å². The number of ether oxygens (including phenoxy) is 2. The van der Waals surface area contributed by atoms with Crippen LogP contribution in [0.25, 0.3) is 0 Å². The van der Waals surface area contributed by atoms with Crippen molar-refractivity contribution in [3.63, 3.8) is 0 Å². The Kier molecular flexibility index (Phi) is 6.11. The molecule has 1 atom stereocenters. The normalized spacial score (nSPS) is 11.6. The first-order valence-electron chi connectivity index (χ1n) is 6.57. The van der Waals surface area contributed by atoms with Crippen molar-refractivity contribution in [1.29, 1.82) is 0 Å². The Morgan fingerprint density at radius 3 is 2.35 bits per heavy atom. The van der Waals surface area contributed by atoms with Gasteiger partial charge in [-0.1, -0.05) is 6.92 Å². The third-order valence-corrected chi connectivity index (χ3v) is 3.10. The van der Waals surface area contributed by atoms with E-state index in [2.05, 4.69) is 10.1 Å². The molecule has 0 aliphatic heterocycles. The van der Waals surface area contributed by atoms with Crippen LogP contribution in [0.3, 0.4) is 0 Å². The molecule has 0 fully saturated rings. The first kappa shape index (κ1) is 18.5. The van der Waals surface area contributed by atoms with E-state index in [0.717, 1.165) is 25.2 Å². The summed E-state index contributed by atoms with van der Waals surface area (Å²) in [6, 6.07) is 0.119. The van der Waals surface area contributed by atoms with Gasteiger partial charge in [-0.25, -0.2) is 9.18 Å². The van der Waals surface area contributed by atoms with Gasteiger partial charge in [-0.2, -0.15) is 4.39 Å². The van der Waals surface area contributed by atoms with Gasteiger partial charge in [0, 0.05) is 19.7 Å². The molecule has 0 bridgehead atoms. The lowest BCUT2D eigenvalue weighted by Crippen LogP contribution is -2.36. The lowest BCUT2D eigenvalue weighted by atomic mass is 10.2. The number of nitrogens with one attached hydrogen (secondary N) is 1. The Labute approximate surface area is 131 Å². The summed E-state index contributed by atoms with van der Waals surface area (Å²) >= 11 is 0. The van der Waals surface area contributed by atoms with Crippen LogP contribution < -0.4 is 14.8 Å². The van der Waals surface area contributed by atoms with Gasteiger partial charge in [0.25, 0.3) is 0 Å². The number of urea groups is 1. The van der Waals surface area contributed by atoms with Crippen LogP contribution in [0.15, 0.2) is 6.07 Å². The van der Waals surface area contributed by atoms with E-state index < -0.39 is 41.1 Å².